The molecule has 0 fully saturated rings. The van der Waals surface area contributed by atoms with Gasteiger partial charge in [0.15, 0.2) is 0 Å². The number of fused-ring (bicyclic) bond motifs is 30. The van der Waals surface area contributed by atoms with E-state index in [0.717, 1.165) is 76.9 Å². The number of H-pyrrole nitrogens is 1. The molecule has 17 aromatic carbocycles. The van der Waals surface area contributed by atoms with Gasteiger partial charge in [0.05, 0.1) is 72.1 Å². The third-order valence-corrected chi connectivity index (χ3v) is 28.4. The zero-order chi connectivity index (χ0) is 80.2. The van der Waals surface area contributed by atoms with Crippen LogP contribution in [0.2, 0.25) is 0 Å². The molecule has 9 aromatic heterocycles. The minimum atomic E-state index is 0.646. The van der Waals surface area contributed by atoms with Crippen LogP contribution in [0.25, 0.3) is 204 Å². The first-order valence-corrected chi connectivity index (χ1v) is 43.5. The number of anilines is 2. The van der Waals surface area contributed by atoms with Crippen LogP contribution in [0.15, 0.2) is 379 Å². The number of hydrogen-bond donors (Lipinski definition) is 3. The molecule has 26 rings (SSSR count). The Hall–Kier alpha value is -14.0. The summed E-state index contributed by atoms with van der Waals surface area (Å²) in [6.45, 7) is 0. The van der Waals surface area contributed by atoms with E-state index in [9.17, 15) is 4.79 Å². The number of para-hydroxylation sites is 10. The van der Waals surface area contributed by atoms with Crippen molar-refractivity contribution in [1.29, 1.82) is 0 Å². The SMILES string of the molecule is Brc1ccccc1Br.Nc1ccccc1N.O=Cc1ccc2c3c4sc5ccccc5c4ccc3n(-c3ccccc3)c2c1.c1ccc(-n2c3cc(-c4nc5ccccc5[nH]4)ccc3c3c4sc5ccccc5c4ccc32)cc1.c1ccc(-n2c3cc4c(cc3c3c5sc6ccccc6c5ccc32)c2ccccc2n2c3ccccc3nc42)cc1. The Bertz CT molecular complexity index is 8470. The second-order valence-corrected chi connectivity index (χ2v) is 34.6. The molecule has 0 radical (unpaired) electrons. The molecule has 0 amide bonds. The summed E-state index contributed by atoms with van der Waals surface area (Å²) in [6, 6.07) is 130. The predicted molar refractivity (Wildman–Crippen MR) is 520 cm³/mol. The third kappa shape index (κ3) is 12.2. The van der Waals surface area contributed by atoms with Gasteiger partial charge in [-0.1, -0.05) is 218 Å². The molecule has 26 aromatic rings. The van der Waals surface area contributed by atoms with Gasteiger partial charge in [0.25, 0.3) is 0 Å². The van der Waals surface area contributed by atoms with Gasteiger partial charge in [-0.15, -0.1) is 34.0 Å². The number of halogens is 2. The van der Waals surface area contributed by atoms with E-state index in [-0.39, 0.29) is 0 Å². The lowest BCUT2D eigenvalue weighted by molar-refractivity contribution is 0.112. The van der Waals surface area contributed by atoms with Crippen LogP contribution in [0, 0.1) is 0 Å². The summed E-state index contributed by atoms with van der Waals surface area (Å²) in [4.78, 5) is 25.0. The topological polar surface area (TPSA) is 130 Å². The monoisotopic (exact) mass is 1720 g/mol. The molecule has 0 aliphatic rings. The fraction of sp³-hybridized carbons (Fsp3) is 0. The molecule has 0 bridgehead atoms. The van der Waals surface area contributed by atoms with E-state index in [0.29, 0.717) is 16.9 Å². The summed E-state index contributed by atoms with van der Waals surface area (Å²) >= 11 is 12.3. The largest absolute Gasteiger partial charge is 0.397 e. The maximum absolute atomic E-state index is 11.4. The minimum absolute atomic E-state index is 0.646. The lowest BCUT2D eigenvalue weighted by Crippen LogP contribution is -1.94. The summed E-state index contributed by atoms with van der Waals surface area (Å²) < 4.78 is 19.6. The number of carbonyl (C=O) groups excluding carboxylic acids is 1. The van der Waals surface area contributed by atoms with Crippen molar-refractivity contribution >= 4 is 259 Å². The highest BCUT2D eigenvalue weighted by Gasteiger charge is 2.24. The third-order valence-electron chi connectivity index (χ3n) is 22.9. The molecule has 9 heterocycles. The average molecular weight is 1730 g/mol. The van der Waals surface area contributed by atoms with Gasteiger partial charge in [0, 0.05) is 141 Å². The Balaban J connectivity index is 0.0000000998. The van der Waals surface area contributed by atoms with Crippen molar-refractivity contribution < 1.29 is 4.79 Å². The van der Waals surface area contributed by atoms with Gasteiger partial charge >= 0.3 is 0 Å². The summed E-state index contributed by atoms with van der Waals surface area (Å²) in [6.07, 6.45) is 0.918. The van der Waals surface area contributed by atoms with Gasteiger partial charge in [-0.25, -0.2) is 9.97 Å². The van der Waals surface area contributed by atoms with Gasteiger partial charge in [-0.2, -0.15) is 0 Å². The second kappa shape index (κ2) is 29.9. The smallest absolute Gasteiger partial charge is 0.150 e. The van der Waals surface area contributed by atoms with Crippen LogP contribution in [0.5, 0.6) is 0 Å². The van der Waals surface area contributed by atoms with Crippen molar-refractivity contribution in [2.45, 2.75) is 0 Å². The fourth-order valence-electron chi connectivity index (χ4n) is 17.5. The molecule has 0 aliphatic carbocycles. The molecule has 570 valence electrons. The van der Waals surface area contributed by atoms with E-state index in [4.69, 9.17) is 21.4 Å². The molecule has 0 atom stereocenters. The van der Waals surface area contributed by atoms with Crippen LogP contribution in [-0.2, 0) is 0 Å². The Morgan fingerprint density at radius 1 is 0.300 bits per heavy atom. The summed E-state index contributed by atoms with van der Waals surface area (Å²) in [5, 5.41) is 19.2. The molecule has 0 spiro atoms. The molecule has 15 heteroatoms. The average Bonchev–Trinajstić information content (AvgIpc) is 1.54. The first-order chi connectivity index (χ1) is 59.2. The van der Waals surface area contributed by atoms with Crippen molar-refractivity contribution in [3.8, 4) is 28.5 Å². The van der Waals surface area contributed by atoms with Gasteiger partial charge in [0.2, 0.25) is 0 Å². The maximum atomic E-state index is 11.4. The van der Waals surface area contributed by atoms with E-state index in [1.807, 2.05) is 107 Å². The number of nitrogens with two attached hydrogens (primary N) is 2. The van der Waals surface area contributed by atoms with E-state index < -0.39 is 0 Å². The van der Waals surface area contributed by atoms with Crippen molar-refractivity contribution in [3.63, 3.8) is 0 Å². The Kier molecular flexibility index (Phi) is 18.0. The zero-order valence-electron chi connectivity index (χ0n) is 64.0. The molecule has 0 unspecified atom stereocenters. The second-order valence-electron chi connectivity index (χ2n) is 29.8. The number of nitrogen functional groups attached to an aromatic ring is 2. The molecular formula is C105H67Br2N9OS3. The number of benzene rings is 17. The number of imidazole rings is 2. The first kappa shape index (κ1) is 72.4. The van der Waals surface area contributed by atoms with Crippen LogP contribution >= 0.6 is 65.9 Å². The number of aldehydes is 1. The zero-order valence-corrected chi connectivity index (χ0v) is 69.6. The standard InChI is InChI=1S/C37H21N3S.C31H19N3S.C25H15NOS.C6H4Br2.C6H8N2/c1-2-10-22(11-3-1)39-32-19-18-25-24-13-5-9-17-34(24)41-36(25)35(32)28-20-26-23-12-4-7-15-30(23)40-31-16-8-6-14-29(31)38-37(40)27(26)21-33(28)39;1-2-8-20(9-3-1)34-26-17-16-22-21-10-4-7-13-28(21)35-30(22)29(26)23-15-14-19(18-27(23)34)31-32-24-11-5-6-12-25(24)33-31;27-15-16-10-11-20-22(14-16)26(17-6-2-1-3-7-17)21-13-12-19-18-8-4-5-9-23(18)28-25(19)24(20)21;2*7-5-3-1-2-4-6(5)8/h1-21H;1-18H,(H,32,33);1-15H;1-4H;1-4H,7-8H2. The normalized spacial score (nSPS) is 11.7. The number of thiophene rings is 3. The molecule has 120 heavy (non-hydrogen) atoms. The van der Waals surface area contributed by atoms with Crippen LogP contribution in [0.3, 0.4) is 0 Å². The Morgan fingerprint density at radius 3 is 1.21 bits per heavy atom. The fourth-order valence-corrected chi connectivity index (χ4v) is 21.8. The summed E-state index contributed by atoms with van der Waals surface area (Å²) in [7, 11) is 0. The van der Waals surface area contributed by atoms with E-state index in [1.165, 1.54) is 142 Å². The van der Waals surface area contributed by atoms with E-state index in [2.05, 4.69) is 340 Å². The number of hydrogen-bond acceptors (Lipinski definition) is 8. The lowest BCUT2D eigenvalue weighted by atomic mass is 10.0. The minimum Gasteiger partial charge on any atom is -0.397 e. The predicted octanol–water partition coefficient (Wildman–Crippen LogP) is 30.0. The van der Waals surface area contributed by atoms with Crippen LogP contribution in [0.4, 0.5) is 11.4 Å². The summed E-state index contributed by atoms with van der Waals surface area (Å²) in [5.41, 5.74) is 30.7. The number of carbonyl (C=O) groups is 1. The van der Waals surface area contributed by atoms with Crippen LogP contribution < -0.4 is 11.5 Å². The van der Waals surface area contributed by atoms with Crippen LogP contribution in [0.1, 0.15) is 10.4 Å². The first-order valence-electron chi connectivity index (χ1n) is 39.5. The van der Waals surface area contributed by atoms with Gasteiger partial charge in [-0.05, 0) is 189 Å². The van der Waals surface area contributed by atoms with Crippen molar-refractivity contribution in [3.05, 3.63) is 385 Å². The highest BCUT2D eigenvalue weighted by Crippen LogP contribution is 2.49. The van der Waals surface area contributed by atoms with Crippen molar-refractivity contribution in [2.75, 3.05) is 11.5 Å². The Morgan fingerprint density at radius 2 is 0.708 bits per heavy atom. The molecule has 0 aliphatic heterocycles. The molecule has 0 saturated carbocycles. The number of rotatable bonds is 5. The highest BCUT2D eigenvalue weighted by atomic mass is 79.9. The highest BCUT2D eigenvalue weighted by molar-refractivity contribution is 9.13. The molecule has 0 saturated heterocycles. The van der Waals surface area contributed by atoms with E-state index in [1.54, 1.807) is 12.1 Å². The number of nitrogens with one attached hydrogen (secondary N) is 1. The number of pyridine rings is 1. The van der Waals surface area contributed by atoms with Gasteiger partial charge in [-0.3, -0.25) is 9.20 Å². The van der Waals surface area contributed by atoms with Crippen molar-refractivity contribution in [1.82, 2.24) is 33.1 Å². The Labute approximate surface area is 715 Å². The molecular weight excluding hydrogens is 1660 g/mol. The number of nitrogens with zero attached hydrogens (tertiary/aromatic N) is 6. The van der Waals surface area contributed by atoms with Crippen LogP contribution in [-0.4, -0.2) is 39.3 Å². The number of aromatic nitrogens is 7. The maximum Gasteiger partial charge on any atom is 0.150 e. The van der Waals surface area contributed by atoms with Crippen molar-refractivity contribution in [2.24, 2.45) is 0 Å². The van der Waals surface area contributed by atoms with E-state index >= 15 is 0 Å². The summed E-state index contributed by atoms with van der Waals surface area (Å²) in [5.74, 6) is 0.893. The number of aromatic amines is 1. The lowest BCUT2D eigenvalue weighted by Gasteiger charge is -2.11. The molecule has 5 N–H and O–H groups in total. The van der Waals surface area contributed by atoms with Gasteiger partial charge in [0.1, 0.15) is 17.8 Å². The quantitative estimate of drug-likeness (QED) is 0.0898. The van der Waals surface area contributed by atoms with Gasteiger partial charge < -0.3 is 30.2 Å². The molecule has 10 nitrogen and oxygen atoms in total.